The summed E-state index contributed by atoms with van der Waals surface area (Å²) >= 11 is 0. The second kappa shape index (κ2) is 5.87. The number of rotatable bonds is 3. The molecule has 0 saturated carbocycles. The molecule has 8 heteroatoms. The Labute approximate surface area is 118 Å². The molecular weight excluding hydrogens is 276 g/mol. The van der Waals surface area contributed by atoms with Crippen molar-refractivity contribution in [1.29, 1.82) is 0 Å². The van der Waals surface area contributed by atoms with Gasteiger partial charge in [0.1, 0.15) is 5.69 Å². The first kappa shape index (κ1) is 14.3. The Hall–Kier alpha value is -3.16. The summed E-state index contributed by atoms with van der Waals surface area (Å²) in [6, 6.07) is 6.13. The molecule has 1 aromatic carbocycles. The molecule has 0 spiro atoms. The third kappa shape index (κ3) is 3.66. The van der Waals surface area contributed by atoms with E-state index in [0.717, 1.165) is 6.20 Å². The van der Waals surface area contributed by atoms with Gasteiger partial charge in [-0.3, -0.25) is 19.4 Å². The average Bonchev–Trinajstić information content (AvgIpc) is 2.42. The van der Waals surface area contributed by atoms with Gasteiger partial charge in [-0.1, -0.05) is 0 Å². The van der Waals surface area contributed by atoms with Gasteiger partial charge in [0.25, 0.3) is 11.5 Å². The molecule has 1 aromatic heterocycles. The van der Waals surface area contributed by atoms with E-state index in [0.29, 0.717) is 11.3 Å². The second-order valence-corrected chi connectivity index (χ2v) is 4.20. The van der Waals surface area contributed by atoms with Crippen molar-refractivity contribution in [3.63, 3.8) is 0 Å². The molecule has 0 saturated heterocycles. The van der Waals surface area contributed by atoms with Crippen LogP contribution in [0.25, 0.3) is 0 Å². The maximum Gasteiger partial charge on any atom is 0.325 e. The van der Waals surface area contributed by atoms with Gasteiger partial charge >= 0.3 is 5.69 Å². The number of carbonyl (C=O) groups excluding carboxylic acids is 2. The topological polar surface area (TPSA) is 124 Å². The molecule has 0 atom stereocenters. The highest BCUT2D eigenvalue weighted by molar-refractivity contribution is 6.04. The first-order chi connectivity index (χ1) is 9.95. The summed E-state index contributed by atoms with van der Waals surface area (Å²) in [6.45, 7) is 1.38. The number of amides is 2. The summed E-state index contributed by atoms with van der Waals surface area (Å²) in [5.74, 6) is -0.728. The Morgan fingerprint density at radius 2 is 1.71 bits per heavy atom. The molecular formula is C13H12N4O4. The quantitative estimate of drug-likeness (QED) is 0.647. The fraction of sp³-hybridized carbons (Fsp3) is 0.0769. The van der Waals surface area contributed by atoms with E-state index in [-0.39, 0.29) is 11.6 Å². The van der Waals surface area contributed by atoms with Crippen molar-refractivity contribution in [3.05, 3.63) is 56.9 Å². The Morgan fingerprint density at radius 3 is 2.29 bits per heavy atom. The molecule has 0 radical (unpaired) electrons. The minimum Gasteiger partial charge on any atom is -0.326 e. The van der Waals surface area contributed by atoms with Gasteiger partial charge in [0, 0.05) is 24.4 Å². The summed E-state index contributed by atoms with van der Waals surface area (Å²) in [7, 11) is 0. The normalized spacial score (nSPS) is 9.95. The van der Waals surface area contributed by atoms with E-state index in [2.05, 4.69) is 15.6 Å². The number of aromatic nitrogens is 2. The number of H-pyrrole nitrogens is 2. The first-order valence-corrected chi connectivity index (χ1v) is 5.97. The second-order valence-electron chi connectivity index (χ2n) is 4.20. The summed E-state index contributed by atoms with van der Waals surface area (Å²) in [4.78, 5) is 49.4. The van der Waals surface area contributed by atoms with Crippen LogP contribution in [-0.2, 0) is 4.79 Å². The van der Waals surface area contributed by atoms with E-state index < -0.39 is 17.2 Å². The van der Waals surface area contributed by atoms with Gasteiger partial charge in [-0.25, -0.2) is 4.79 Å². The van der Waals surface area contributed by atoms with E-state index in [4.69, 9.17) is 0 Å². The Morgan fingerprint density at radius 1 is 1.05 bits per heavy atom. The molecule has 8 nitrogen and oxygen atoms in total. The molecule has 0 aliphatic rings. The number of carbonyl (C=O) groups is 2. The fourth-order valence-electron chi connectivity index (χ4n) is 1.61. The summed E-state index contributed by atoms with van der Waals surface area (Å²) in [5, 5.41) is 4.94. The van der Waals surface area contributed by atoms with Crippen molar-refractivity contribution in [2.24, 2.45) is 0 Å². The Balaban J connectivity index is 2.15. The van der Waals surface area contributed by atoms with Gasteiger partial charge < -0.3 is 15.6 Å². The largest absolute Gasteiger partial charge is 0.326 e. The smallest absolute Gasteiger partial charge is 0.325 e. The maximum absolute atomic E-state index is 11.9. The van der Waals surface area contributed by atoms with Crippen molar-refractivity contribution in [1.82, 2.24) is 9.97 Å². The predicted molar refractivity (Wildman–Crippen MR) is 76.4 cm³/mol. The van der Waals surface area contributed by atoms with Crippen LogP contribution in [0.5, 0.6) is 0 Å². The van der Waals surface area contributed by atoms with Crippen molar-refractivity contribution >= 4 is 23.2 Å². The Bertz CT molecular complexity index is 789. The van der Waals surface area contributed by atoms with Gasteiger partial charge in [0.05, 0.1) is 0 Å². The Kier molecular flexibility index (Phi) is 3.98. The van der Waals surface area contributed by atoms with E-state index in [1.807, 2.05) is 4.98 Å². The van der Waals surface area contributed by atoms with Crippen LogP contribution in [0.3, 0.4) is 0 Å². The summed E-state index contributed by atoms with van der Waals surface area (Å²) in [6.07, 6.45) is 1.12. The van der Waals surface area contributed by atoms with Gasteiger partial charge in [-0.2, -0.15) is 0 Å². The van der Waals surface area contributed by atoms with Gasteiger partial charge in [0.2, 0.25) is 5.91 Å². The standard InChI is InChI=1S/C13H12N4O4/c1-7(18)15-9-4-2-8(3-5-9)11(19)16-10-6-14-13(21)17-12(10)20/h2-6H,1H3,(H,15,18)(H,16,19)(H2,14,17,20,21). The summed E-state index contributed by atoms with van der Waals surface area (Å²) < 4.78 is 0. The minimum atomic E-state index is -0.693. The van der Waals surface area contributed by atoms with E-state index in [9.17, 15) is 19.2 Å². The number of nitrogens with one attached hydrogen (secondary N) is 4. The highest BCUT2D eigenvalue weighted by Gasteiger charge is 2.09. The lowest BCUT2D eigenvalue weighted by atomic mass is 10.2. The zero-order valence-corrected chi connectivity index (χ0v) is 11.0. The van der Waals surface area contributed by atoms with Crippen LogP contribution in [0.2, 0.25) is 0 Å². The van der Waals surface area contributed by atoms with Crippen LogP contribution in [0.1, 0.15) is 17.3 Å². The molecule has 4 N–H and O–H groups in total. The molecule has 0 bridgehead atoms. The van der Waals surface area contributed by atoms with Crippen molar-refractivity contribution in [2.45, 2.75) is 6.92 Å². The molecule has 0 fully saturated rings. The average molecular weight is 288 g/mol. The zero-order chi connectivity index (χ0) is 15.4. The monoisotopic (exact) mass is 288 g/mol. The SMILES string of the molecule is CC(=O)Nc1ccc(C(=O)Nc2c[nH]c(=O)[nH]c2=O)cc1. The van der Waals surface area contributed by atoms with Crippen LogP contribution < -0.4 is 21.9 Å². The van der Waals surface area contributed by atoms with E-state index in [1.165, 1.54) is 19.1 Å². The summed E-state index contributed by atoms with van der Waals surface area (Å²) in [5.41, 5.74) is -0.555. The van der Waals surface area contributed by atoms with Crippen molar-refractivity contribution in [2.75, 3.05) is 10.6 Å². The van der Waals surface area contributed by atoms with Gasteiger partial charge in [0.15, 0.2) is 0 Å². The van der Waals surface area contributed by atoms with Crippen LogP contribution in [0, 0.1) is 0 Å². The van der Waals surface area contributed by atoms with Crippen LogP contribution in [0.4, 0.5) is 11.4 Å². The van der Waals surface area contributed by atoms with E-state index >= 15 is 0 Å². The fourth-order valence-corrected chi connectivity index (χ4v) is 1.61. The third-order valence-corrected chi connectivity index (χ3v) is 2.53. The number of hydrogen-bond acceptors (Lipinski definition) is 4. The molecule has 21 heavy (non-hydrogen) atoms. The van der Waals surface area contributed by atoms with Gasteiger partial charge in [-0.05, 0) is 24.3 Å². The number of anilines is 2. The molecule has 0 aliphatic carbocycles. The van der Waals surface area contributed by atoms with E-state index in [1.54, 1.807) is 12.1 Å². The number of benzene rings is 1. The molecule has 2 rings (SSSR count). The molecule has 1 heterocycles. The molecule has 108 valence electrons. The maximum atomic E-state index is 11.9. The lowest BCUT2D eigenvalue weighted by Gasteiger charge is -2.05. The van der Waals surface area contributed by atoms with Crippen LogP contribution >= 0.6 is 0 Å². The first-order valence-electron chi connectivity index (χ1n) is 5.97. The lowest BCUT2D eigenvalue weighted by molar-refractivity contribution is -0.114. The third-order valence-electron chi connectivity index (χ3n) is 2.53. The number of aromatic amines is 2. The molecule has 0 aliphatic heterocycles. The predicted octanol–water partition coefficient (Wildman–Crippen LogP) is 0.274. The van der Waals surface area contributed by atoms with Crippen LogP contribution in [0.15, 0.2) is 40.1 Å². The van der Waals surface area contributed by atoms with Crippen molar-refractivity contribution in [3.8, 4) is 0 Å². The zero-order valence-electron chi connectivity index (χ0n) is 11.0. The molecule has 2 amide bonds. The highest BCUT2D eigenvalue weighted by Crippen LogP contribution is 2.10. The van der Waals surface area contributed by atoms with Crippen molar-refractivity contribution < 1.29 is 9.59 Å². The minimum absolute atomic E-state index is 0.0643. The molecule has 2 aromatic rings. The lowest BCUT2D eigenvalue weighted by Crippen LogP contribution is -2.26. The van der Waals surface area contributed by atoms with Crippen LogP contribution in [-0.4, -0.2) is 21.8 Å². The van der Waals surface area contributed by atoms with Gasteiger partial charge in [-0.15, -0.1) is 0 Å². The number of hydrogen-bond donors (Lipinski definition) is 4. The highest BCUT2D eigenvalue weighted by atomic mass is 16.2. The molecule has 0 unspecified atom stereocenters.